The predicted molar refractivity (Wildman–Crippen MR) is 82.1 cm³/mol. The fraction of sp³-hybridized carbons (Fsp3) is 0.176. The largest absolute Gasteiger partial charge is 0.384 e. The van der Waals surface area contributed by atoms with Crippen LogP contribution in [-0.4, -0.2) is 22.6 Å². The fourth-order valence-electron chi connectivity index (χ4n) is 1.95. The zero-order valence-corrected chi connectivity index (χ0v) is 12.0. The predicted octanol–water partition coefficient (Wildman–Crippen LogP) is 2.29. The maximum absolute atomic E-state index is 12.2. The van der Waals surface area contributed by atoms with Crippen molar-refractivity contribution in [1.29, 1.82) is 0 Å². The number of aryl methyl sites for hydroxylation is 2. The Kier molecular flexibility index (Phi) is 4.70. The Balaban J connectivity index is 2.23. The van der Waals surface area contributed by atoms with Crippen molar-refractivity contribution < 1.29 is 9.90 Å². The summed E-state index contributed by atoms with van der Waals surface area (Å²) >= 11 is 0. The van der Waals surface area contributed by atoms with E-state index in [0.29, 0.717) is 11.3 Å². The maximum Gasteiger partial charge on any atom is 0.257 e. The van der Waals surface area contributed by atoms with Gasteiger partial charge in [-0.15, -0.1) is 0 Å². The average molecular weight is 280 g/mol. The highest BCUT2D eigenvalue weighted by atomic mass is 16.2. The summed E-state index contributed by atoms with van der Waals surface area (Å²) in [5.74, 6) is 5.22. The molecule has 0 saturated heterocycles. The lowest BCUT2D eigenvalue weighted by Gasteiger charge is -2.07. The van der Waals surface area contributed by atoms with Crippen LogP contribution < -0.4 is 5.32 Å². The number of rotatable bonds is 2. The molecule has 0 saturated carbocycles. The summed E-state index contributed by atoms with van der Waals surface area (Å²) < 4.78 is 0. The van der Waals surface area contributed by atoms with Crippen molar-refractivity contribution in [1.82, 2.24) is 4.98 Å². The van der Waals surface area contributed by atoms with Crippen LogP contribution in [-0.2, 0) is 0 Å². The first-order valence-electron chi connectivity index (χ1n) is 6.53. The Morgan fingerprint density at radius 1 is 1.19 bits per heavy atom. The molecule has 2 N–H and O–H groups in total. The van der Waals surface area contributed by atoms with E-state index in [2.05, 4.69) is 22.1 Å². The normalized spacial score (nSPS) is 9.67. The minimum Gasteiger partial charge on any atom is -0.384 e. The van der Waals surface area contributed by atoms with Crippen LogP contribution in [0.1, 0.15) is 27.0 Å². The van der Waals surface area contributed by atoms with E-state index in [1.54, 1.807) is 18.3 Å². The van der Waals surface area contributed by atoms with E-state index in [-0.39, 0.29) is 12.5 Å². The third kappa shape index (κ3) is 4.16. The third-order valence-electron chi connectivity index (χ3n) is 2.78. The number of benzene rings is 1. The molecule has 0 aliphatic carbocycles. The van der Waals surface area contributed by atoms with Gasteiger partial charge < -0.3 is 10.4 Å². The second kappa shape index (κ2) is 6.69. The van der Waals surface area contributed by atoms with Gasteiger partial charge in [-0.05, 0) is 49.2 Å². The van der Waals surface area contributed by atoms with E-state index in [1.807, 2.05) is 26.0 Å². The van der Waals surface area contributed by atoms with Crippen molar-refractivity contribution in [3.05, 3.63) is 58.9 Å². The summed E-state index contributed by atoms with van der Waals surface area (Å²) in [6, 6.07) is 7.32. The summed E-state index contributed by atoms with van der Waals surface area (Å²) in [7, 11) is 0. The van der Waals surface area contributed by atoms with Crippen molar-refractivity contribution in [2.45, 2.75) is 13.8 Å². The van der Waals surface area contributed by atoms with Crippen LogP contribution in [0.2, 0.25) is 0 Å². The van der Waals surface area contributed by atoms with E-state index in [4.69, 9.17) is 5.11 Å². The highest BCUT2D eigenvalue weighted by Crippen LogP contribution is 2.15. The van der Waals surface area contributed by atoms with E-state index in [1.165, 1.54) is 6.20 Å². The lowest BCUT2D eigenvalue weighted by Crippen LogP contribution is -2.12. The van der Waals surface area contributed by atoms with Gasteiger partial charge in [0, 0.05) is 23.6 Å². The quantitative estimate of drug-likeness (QED) is 0.830. The molecule has 2 aromatic rings. The second-order valence-electron chi connectivity index (χ2n) is 4.75. The molecule has 1 aromatic carbocycles. The van der Waals surface area contributed by atoms with Crippen LogP contribution in [0.5, 0.6) is 0 Å². The number of amides is 1. The molecule has 1 aromatic heterocycles. The van der Waals surface area contributed by atoms with Gasteiger partial charge in [-0.1, -0.05) is 11.8 Å². The van der Waals surface area contributed by atoms with Crippen molar-refractivity contribution in [3.63, 3.8) is 0 Å². The Morgan fingerprint density at radius 3 is 2.71 bits per heavy atom. The van der Waals surface area contributed by atoms with Crippen LogP contribution in [0.25, 0.3) is 0 Å². The van der Waals surface area contributed by atoms with Crippen LogP contribution >= 0.6 is 0 Å². The minimum atomic E-state index is -0.210. The van der Waals surface area contributed by atoms with E-state index in [9.17, 15) is 4.79 Å². The van der Waals surface area contributed by atoms with E-state index >= 15 is 0 Å². The molecule has 1 amide bonds. The van der Waals surface area contributed by atoms with E-state index in [0.717, 1.165) is 16.7 Å². The molecule has 0 fully saturated rings. The summed E-state index contributed by atoms with van der Waals surface area (Å²) in [4.78, 5) is 16.2. The lowest BCUT2D eigenvalue weighted by molar-refractivity contribution is 0.102. The molecule has 4 heteroatoms. The molecule has 106 valence electrons. The number of hydrogen-bond acceptors (Lipinski definition) is 3. The number of aliphatic hydroxyl groups excluding tert-OH is 1. The van der Waals surface area contributed by atoms with Crippen LogP contribution in [0.3, 0.4) is 0 Å². The highest BCUT2D eigenvalue weighted by molar-refractivity contribution is 6.04. The van der Waals surface area contributed by atoms with Crippen molar-refractivity contribution in [3.8, 4) is 11.8 Å². The number of anilines is 1. The van der Waals surface area contributed by atoms with Gasteiger partial charge in [0.05, 0.1) is 5.56 Å². The smallest absolute Gasteiger partial charge is 0.257 e. The molecule has 1 heterocycles. The lowest BCUT2D eigenvalue weighted by atomic mass is 10.1. The molecule has 21 heavy (non-hydrogen) atoms. The zero-order chi connectivity index (χ0) is 15.2. The zero-order valence-electron chi connectivity index (χ0n) is 12.0. The SMILES string of the molecule is Cc1cc(C#CCO)cc(NC(=O)c2cncc(C)c2)c1. The molecule has 0 bridgehead atoms. The van der Waals surface area contributed by atoms with Crippen LogP contribution in [0.15, 0.2) is 36.7 Å². The molecule has 2 rings (SSSR count). The summed E-state index contributed by atoms with van der Waals surface area (Å²) in [5, 5.41) is 11.6. The number of carbonyl (C=O) groups excluding carboxylic acids is 1. The van der Waals surface area contributed by atoms with Gasteiger partial charge in [-0.3, -0.25) is 9.78 Å². The van der Waals surface area contributed by atoms with Crippen molar-refractivity contribution in [2.75, 3.05) is 11.9 Å². The van der Waals surface area contributed by atoms with Crippen molar-refractivity contribution >= 4 is 11.6 Å². The number of nitrogens with zero attached hydrogens (tertiary/aromatic N) is 1. The Hall–Kier alpha value is -2.64. The molecular weight excluding hydrogens is 264 g/mol. The first-order chi connectivity index (χ1) is 10.1. The maximum atomic E-state index is 12.2. The first kappa shape index (κ1) is 14.8. The molecule has 0 unspecified atom stereocenters. The summed E-state index contributed by atoms with van der Waals surface area (Å²) in [6.07, 6.45) is 3.23. The second-order valence-corrected chi connectivity index (χ2v) is 4.75. The first-order valence-corrected chi connectivity index (χ1v) is 6.53. The molecule has 4 nitrogen and oxygen atoms in total. The van der Waals surface area contributed by atoms with Crippen LogP contribution in [0, 0.1) is 25.7 Å². The fourth-order valence-corrected chi connectivity index (χ4v) is 1.95. The topological polar surface area (TPSA) is 62.2 Å². The van der Waals surface area contributed by atoms with Crippen molar-refractivity contribution in [2.24, 2.45) is 0 Å². The highest BCUT2D eigenvalue weighted by Gasteiger charge is 2.07. The minimum absolute atomic E-state index is 0.190. The molecule has 0 aliphatic heterocycles. The van der Waals surface area contributed by atoms with Gasteiger partial charge in [0.25, 0.3) is 5.91 Å². The van der Waals surface area contributed by atoms with Gasteiger partial charge in [0.2, 0.25) is 0 Å². The van der Waals surface area contributed by atoms with Crippen LogP contribution in [0.4, 0.5) is 5.69 Å². The van der Waals surface area contributed by atoms with E-state index < -0.39 is 0 Å². The molecule has 0 atom stereocenters. The Bertz CT molecular complexity index is 727. The number of pyridine rings is 1. The van der Waals surface area contributed by atoms with Gasteiger partial charge in [-0.25, -0.2) is 0 Å². The number of aromatic nitrogens is 1. The van der Waals surface area contributed by atoms with Gasteiger partial charge >= 0.3 is 0 Å². The number of nitrogens with one attached hydrogen (secondary N) is 1. The number of hydrogen-bond donors (Lipinski definition) is 2. The summed E-state index contributed by atoms with van der Waals surface area (Å²) in [6.45, 7) is 3.62. The molecule has 0 spiro atoms. The number of carbonyl (C=O) groups is 1. The molecule has 0 aliphatic rings. The van der Waals surface area contributed by atoms with Gasteiger partial charge in [0.15, 0.2) is 0 Å². The molecular formula is C17H16N2O2. The Labute approximate surface area is 123 Å². The van der Waals surface area contributed by atoms with Gasteiger partial charge in [-0.2, -0.15) is 0 Å². The van der Waals surface area contributed by atoms with Gasteiger partial charge in [0.1, 0.15) is 6.61 Å². The standard InChI is InChI=1S/C17H16N2O2/c1-12-6-14(4-3-5-20)9-16(8-12)19-17(21)15-7-13(2)10-18-11-15/h6-11,20H,5H2,1-2H3,(H,19,21). The number of aliphatic hydroxyl groups is 1. The summed E-state index contributed by atoms with van der Waals surface area (Å²) in [5.41, 5.74) is 3.85. The molecule has 0 radical (unpaired) electrons. The Morgan fingerprint density at radius 2 is 2.00 bits per heavy atom. The monoisotopic (exact) mass is 280 g/mol. The third-order valence-corrected chi connectivity index (χ3v) is 2.78. The average Bonchev–Trinajstić information content (AvgIpc) is 2.44.